The number of likely N-dealkylation sites (tertiary alicyclic amines) is 1. The van der Waals surface area contributed by atoms with Crippen LogP contribution in [0.1, 0.15) is 73.5 Å². The molecule has 7 nitrogen and oxygen atoms in total. The molecule has 2 aromatic rings. The zero-order valence-corrected chi connectivity index (χ0v) is 17.0. The van der Waals surface area contributed by atoms with Crippen molar-refractivity contribution in [3.63, 3.8) is 0 Å². The molecule has 1 aliphatic carbocycles. The first-order valence-corrected chi connectivity index (χ1v) is 10.9. The summed E-state index contributed by atoms with van der Waals surface area (Å²) in [6.07, 6.45) is 10.4. The summed E-state index contributed by atoms with van der Waals surface area (Å²) in [5.74, 6) is 1.35. The molecule has 7 heteroatoms. The van der Waals surface area contributed by atoms with Gasteiger partial charge in [-0.15, -0.1) is 5.10 Å². The molecule has 1 aromatic heterocycles. The Balaban J connectivity index is 1.43. The number of benzene rings is 1. The van der Waals surface area contributed by atoms with E-state index in [1.807, 2.05) is 0 Å². The predicted octanol–water partition coefficient (Wildman–Crippen LogP) is 2.81. The Morgan fingerprint density at radius 3 is 2.79 bits per heavy atom. The van der Waals surface area contributed by atoms with Gasteiger partial charge in [0.1, 0.15) is 5.82 Å². The van der Waals surface area contributed by atoms with Gasteiger partial charge in [0.05, 0.1) is 5.69 Å². The fourth-order valence-corrected chi connectivity index (χ4v) is 4.81. The smallest absolute Gasteiger partial charge is 0.348 e. The number of nitrogens with one attached hydrogen (secondary N) is 1. The molecule has 1 saturated heterocycles. The minimum Gasteiger partial charge on any atom is -0.366 e. The molecule has 29 heavy (non-hydrogen) atoms. The van der Waals surface area contributed by atoms with Gasteiger partial charge in [-0.25, -0.2) is 4.79 Å². The molecule has 1 amide bonds. The second-order valence-electron chi connectivity index (χ2n) is 8.57. The average molecular weight is 398 g/mol. The Labute approximate surface area is 171 Å². The van der Waals surface area contributed by atoms with Crippen LogP contribution in [0.3, 0.4) is 0 Å². The van der Waals surface area contributed by atoms with Gasteiger partial charge in [0.2, 0.25) is 5.91 Å². The minimum absolute atomic E-state index is 0.239. The first-order valence-electron chi connectivity index (χ1n) is 10.9. The highest BCUT2D eigenvalue weighted by Gasteiger charge is 2.25. The van der Waals surface area contributed by atoms with E-state index >= 15 is 0 Å². The van der Waals surface area contributed by atoms with Crippen LogP contribution in [-0.2, 0) is 0 Å². The molecular weight excluding hydrogens is 366 g/mol. The second-order valence-corrected chi connectivity index (χ2v) is 8.57. The number of primary amides is 1. The van der Waals surface area contributed by atoms with Gasteiger partial charge < -0.3 is 10.6 Å². The van der Waals surface area contributed by atoms with E-state index in [1.165, 1.54) is 43.2 Å². The van der Waals surface area contributed by atoms with Crippen LogP contribution in [0.4, 0.5) is 0 Å². The standard InChI is InChI=1S/C22H31N5O2/c23-20(28)17-8-4-10-19(14-17)27-22(29)24-21(25-27)18-9-5-12-26(15-18)13-11-16-6-2-1-3-7-16/h4,8,10,14,16,18H,1-3,5-7,9,11-13,15H2,(H2,23,28)(H,24,25,29). The molecule has 1 unspecified atom stereocenters. The molecule has 1 atom stereocenters. The van der Waals surface area contributed by atoms with Gasteiger partial charge in [-0.2, -0.15) is 4.68 Å². The van der Waals surface area contributed by atoms with E-state index in [1.54, 1.807) is 24.3 Å². The highest BCUT2D eigenvalue weighted by atomic mass is 16.2. The summed E-state index contributed by atoms with van der Waals surface area (Å²) in [4.78, 5) is 29.4. The lowest BCUT2D eigenvalue weighted by Gasteiger charge is -2.33. The van der Waals surface area contributed by atoms with Crippen LogP contribution in [0.25, 0.3) is 5.69 Å². The van der Waals surface area contributed by atoms with E-state index in [4.69, 9.17) is 5.73 Å². The zero-order valence-electron chi connectivity index (χ0n) is 17.0. The van der Waals surface area contributed by atoms with Crippen LogP contribution in [0, 0.1) is 5.92 Å². The third-order valence-electron chi connectivity index (χ3n) is 6.48. The van der Waals surface area contributed by atoms with Crippen molar-refractivity contribution in [2.45, 2.75) is 57.3 Å². The predicted molar refractivity (Wildman–Crippen MR) is 112 cm³/mol. The maximum Gasteiger partial charge on any atom is 0.348 e. The lowest BCUT2D eigenvalue weighted by molar-refractivity contribution is 0.1000. The molecule has 2 aliphatic rings. The van der Waals surface area contributed by atoms with Crippen molar-refractivity contribution in [3.05, 3.63) is 46.1 Å². The van der Waals surface area contributed by atoms with Crippen molar-refractivity contribution in [2.24, 2.45) is 11.7 Å². The molecular formula is C22H31N5O2. The summed E-state index contributed by atoms with van der Waals surface area (Å²) in [6.45, 7) is 3.22. The Bertz CT molecular complexity index is 897. The van der Waals surface area contributed by atoms with Crippen LogP contribution in [-0.4, -0.2) is 45.2 Å². The van der Waals surface area contributed by atoms with Gasteiger partial charge in [0, 0.05) is 18.0 Å². The van der Waals surface area contributed by atoms with Crippen molar-refractivity contribution < 1.29 is 4.79 Å². The van der Waals surface area contributed by atoms with Crippen LogP contribution in [0.2, 0.25) is 0 Å². The van der Waals surface area contributed by atoms with E-state index < -0.39 is 5.91 Å². The summed E-state index contributed by atoms with van der Waals surface area (Å²) >= 11 is 0. The number of rotatable bonds is 6. The van der Waals surface area contributed by atoms with Crippen LogP contribution in [0.15, 0.2) is 29.1 Å². The van der Waals surface area contributed by atoms with E-state index in [0.717, 1.165) is 44.2 Å². The van der Waals surface area contributed by atoms with Gasteiger partial charge in [0.25, 0.3) is 0 Å². The second kappa shape index (κ2) is 8.95. The van der Waals surface area contributed by atoms with Crippen LogP contribution < -0.4 is 11.4 Å². The molecule has 1 aliphatic heterocycles. The van der Waals surface area contributed by atoms with Gasteiger partial charge in [-0.05, 0) is 56.5 Å². The van der Waals surface area contributed by atoms with E-state index in [0.29, 0.717) is 11.3 Å². The monoisotopic (exact) mass is 397 g/mol. The number of hydrogen-bond donors (Lipinski definition) is 2. The summed E-state index contributed by atoms with van der Waals surface area (Å²) < 4.78 is 1.34. The number of H-pyrrole nitrogens is 1. The molecule has 3 N–H and O–H groups in total. The van der Waals surface area contributed by atoms with Crippen molar-refractivity contribution in [3.8, 4) is 5.69 Å². The van der Waals surface area contributed by atoms with E-state index in [9.17, 15) is 9.59 Å². The number of amides is 1. The number of carbonyl (C=O) groups is 1. The highest BCUT2D eigenvalue weighted by molar-refractivity contribution is 5.93. The first kappa shape index (κ1) is 19.9. The number of piperidine rings is 1. The summed E-state index contributed by atoms with van der Waals surface area (Å²) in [5.41, 5.74) is 6.00. The zero-order chi connectivity index (χ0) is 20.2. The molecule has 2 heterocycles. The third-order valence-corrected chi connectivity index (χ3v) is 6.48. The Morgan fingerprint density at radius 1 is 1.17 bits per heavy atom. The normalized spacial score (nSPS) is 21.3. The third kappa shape index (κ3) is 4.78. The largest absolute Gasteiger partial charge is 0.366 e. The Hall–Kier alpha value is -2.41. The summed E-state index contributed by atoms with van der Waals surface area (Å²) in [5, 5.41) is 4.56. The quantitative estimate of drug-likeness (QED) is 0.783. The molecule has 0 bridgehead atoms. The van der Waals surface area contributed by atoms with Crippen molar-refractivity contribution >= 4 is 5.91 Å². The number of nitrogens with zero attached hydrogens (tertiary/aromatic N) is 3. The maximum atomic E-state index is 12.5. The van der Waals surface area contributed by atoms with Crippen molar-refractivity contribution in [1.29, 1.82) is 0 Å². The van der Waals surface area contributed by atoms with Gasteiger partial charge in [-0.3, -0.25) is 9.78 Å². The minimum atomic E-state index is -0.517. The van der Waals surface area contributed by atoms with Gasteiger partial charge >= 0.3 is 5.69 Å². The molecule has 2 fully saturated rings. The molecule has 1 aromatic carbocycles. The van der Waals surface area contributed by atoms with Crippen LogP contribution in [0.5, 0.6) is 0 Å². The number of hydrogen-bond acceptors (Lipinski definition) is 4. The number of aromatic amines is 1. The first-order chi connectivity index (χ1) is 14.1. The number of aromatic nitrogens is 3. The maximum absolute atomic E-state index is 12.5. The number of nitrogens with two attached hydrogens (primary N) is 1. The molecule has 1 saturated carbocycles. The van der Waals surface area contributed by atoms with Gasteiger partial charge in [-0.1, -0.05) is 38.2 Å². The van der Waals surface area contributed by atoms with E-state index in [-0.39, 0.29) is 11.6 Å². The van der Waals surface area contributed by atoms with Crippen molar-refractivity contribution in [2.75, 3.05) is 19.6 Å². The van der Waals surface area contributed by atoms with Crippen molar-refractivity contribution in [1.82, 2.24) is 19.7 Å². The summed E-state index contributed by atoms with van der Waals surface area (Å²) in [7, 11) is 0. The lowest BCUT2D eigenvalue weighted by Crippen LogP contribution is -2.36. The Kier molecular flexibility index (Phi) is 6.13. The average Bonchev–Trinajstić information content (AvgIpc) is 3.15. The molecule has 0 radical (unpaired) electrons. The van der Waals surface area contributed by atoms with E-state index in [2.05, 4.69) is 15.0 Å². The Morgan fingerprint density at radius 2 is 2.00 bits per heavy atom. The topological polar surface area (TPSA) is 97.0 Å². The highest BCUT2D eigenvalue weighted by Crippen LogP contribution is 2.28. The SMILES string of the molecule is NC(=O)c1cccc(-n2nc(C3CCCN(CCC4CCCCC4)C3)[nH]c2=O)c1. The molecule has 4 rings (SSSR count). The van der Waals surface area contributed by atoms with Crippen LogP contribution >= 0.6 is 0 Å². The summed E-state index contributed by atoms with van der Waals surface area (Å²) in [6, 6.07) is 6.71. The fraction of sp³-hybridized carbons (Fsp3) is 0.591. The molecule has 0 spiro atoms. The number of carbonyl (C=O) groups excluding carboxylic acids is 1. The molecule has 156 valence electrons. The van der Waals surface area contributed by atoms with Gasteiger partial charge in [0.15, 0.2) is 0 Å². The fourth-order valence-electron chi connectivity index (χ4n) is 4.81. The lowest BCUT2D eigenvalue weighted by atomic mass is 9.86.